The van der Waals surface area contributed by atoms with Gasteiger partial charge in [-0.15, -0.1) is 0 Å². The summed E-state index contributed by atoms with van der Waals surface area (Å²) < 4.78 is 1.85. The molecule has 0 fully saturated rings. The molecule has 0 spiro atoms. The maximum Gasteiger partial charge on any atom is 0.251 e. The topological polar surface area (TPSA) is 37.6 Å². The van der Waals surface area contributed by atoms with Crippen molar-refractivity contribution in [2.45, 2.75) is 0 Å². The number of hydrogen-bond donors (Lipinski definition) is 0. The van der Waals surface area contributed by atoms with E-state index in [0.29, 0.717) is 0 Å². The van der Waals surface area contributed by atoms with E-state index < -0.39 is 0 Å². The van der Waals surface area contributed by atoms with E-state index in [2.05, 4.69) is 11.6 Å². The average Bonchev–Trinajstić information content (AvgIpc) is 2.70. The van der Waals surface area contributed by atoms with Gasteiger partial charge in [0.15, 0.2) is 0 Å². The summed E-state index contributed by atoms with van der Waals surface area (Å²) in [6.45, 7) is 3.45. The minimum atomic E-state index is -0.152. The second-order valence-electron chi connectivity index (χ2n) is 3.15. The highest BCUT2D eigenvalue weighted by Crippen LogP contribution is 2.15. The molecule has 2 aromatic heterocycles. The monoisotopic (exact) mass is 201 g/mol. The van der Waals surface area contributed by atoms with Gasteiger partial charge in [-0.3, -0.25) is 14.1 Å². The summed E-state index contributed by atoms with van der Waals surface area (Å²) in [5, 5.41) is 0. The van der Waals surface area contributed by atoms with Crippen LogP contribution in [0.25, 0.3) is 5.65 Å². The molecule has 0 saturated heterocycles. The Morgan fingerprint density at radius 1 is 1.60 bits per heavy atom. The van der Waals surface area contributed by atoms with Crippen molar-refractivity contribution in [3.63, 3.8) is 0 Å². The Balaban J connectivity index is 2.52. The van der Waals surface area contributed by atoms with Crippen LogP contribution in [0.1, 0.15) is 0 Å². The third kappa shape index (κ3) is 1.50. The molecule has 4 nitrogen and oxygen atoms in total. The number of imidazole rings is 1. The van der Waals surface area contributed by atoms with Crippen LogP contribution in [-0.2, 0) is 4.79 Å². The lowest BCUT2D eigenvalue weighted by atomic mass is 10.4. The Labute approximate surface area is 87.5 Å². The summed E-state index contributed by atoms with van der Waals surface area (Å²) in [5.74, 6) is 0.580. The van der Waals surface area contributed by atoms with Crippen LogP contribution in [0.5, 0.6) is 0 Å². The summed E-state index contributed by atoms with van der Waals surface area (Å²) in [5.41, 5.74) is 0.816. The van der Waals surface area contributed by atoms with Crippen LogP contribution in [0.3, 0.4) is 0 Å². The molecule has 0 saturated carbocycles. The second-order valence-corrected chi connectivity index (χ2v) is 3.15. The molecule has 76 valence electrons. The third-order valence-corrected chi connectivity index (χ3v) is 2.25. The molecule has 0 aromatic carbocycles. The van der Waals surface area contributed by atoms with E-state index in [1.807, 2.05) is 28.8 Å². The number of anilines is 1. The number of pyridine rings is 1. The van der Waals surface area contributed by atoms with Crippen LogP contribution < -0.4 is 4.90 Å². The van der Waals surface area contributed by atoms with E-state index in [9.17, 15) is 4.79 Å². The number of aromatic nitrogens is 2. The van der Waals surface area contributed by atoms with Crippen molar-refractivity contribution in [3.8, 4) is 0 Å². The molecule has 0 aliphatic carbocycles. The molecule has 0 radical (unpaired) electrons. The van der Waals surface area contributed by atoms with E-state index in [-0.39, 0.29) is 5.91 Å². The van der Waals surface area contributed by atoms with Gasteiger partial charge in [0.2, 0.25) is 0 Å². The molecule has 2 aromatic rings. The molecule has 4 heteroatoms. The van der Waals surface area contributed by atoms with Gasteiger partial charge in [-0.2, -0.15) is 0 Å². The molecule has 0 unspecified atom stereocenters. The lowest BCUT2D eigenvalue weighted by Crippen LogP contribution is -2.24. The van der Waals surface area contributed by atoms with Crippen molar-refractivity contribution in [1.29, 1.82) is 0 Å². The van der Waals surface area contributed by atoms with Gasteiger partial charge < -0.3 is 0 Å². The summed E-state index contributed by atoms with van der Waals surface area (Å²) in [4.78, 5) is 17.1. The van der Waals surface area contributed by atoms with Crippen LogP contribution in [0.15, 0.2) is 43.2 Å². The Morgan fingerprint density at radius 2 is 2.40 bits per heavy atom. The van der Waals surface area contributed by atoms with Crippen LogP contribution in [0.4, 0.5) is 5.82 Å². The largest absolute Gasteiger partial charge is 0.296 e. The molecular formula is C11H11N3O. The van der Waals surface area contributed by atoms with Gasteiger partial charge >= 0.3 is 0 Å². The molecule has 0 aliphatic rings. The van der Waals surface area contributed by atoms with E-state index in [4.69, 9.17) is 0 Å². The van der Waals surface area contributed by atoms with Gasteiger partial charge in [-0.1, -0.05) is 12.6 Å². The molecule has 0 atom stereocenters. The minimum absolute atomic E-state index is 0.152. The van der Waals surface area contributed by atoms with Crippen molar-refractivity contribution < 1.29 is 4.79 Å². The Morgan fingerprint density at radius 3 is 3.13 bits per heavy atom. The Bertz CT molecular complexity index is 515. The quantitative estimate of drug-likeness (QED) is 0.690. The van der Waals surface area contributed by atoms with Gasteiger partial charge in [0.25, 0.3) is 5.91 Å². The zero-order valence-electron chi connectivity index (χ0n) is 8.42. The van der Waals surface area contributed by atoms with Crippen LogP contribution in [0, 0.1) is 0 Å². The van der Waals surface area contributed by atoms with Gasteiger partial charge in [0, 0.05) is 13.2 Å². The second kappa shape index (κ2) is 3.57. The minimum Gasteiger partial charge on any atom is -0.296 e. The maximum atomic E-state index is 11.4. The van der Waals surface area contributed by atoms with Crippen LogP contribution >= 0.6 is 0 Å². The first kappa shape index (κ1) is 9.45. The molecule has 15 heavy (non-hydrogen) atoms. The molecule has 0 N–H and O–H groups in total. The number of rotatable bonds is 2. The predicted molar refractivity (Wildman–Crippen MR) is 58.8 cm³/mol. The maximum absolute atomic E-state index is 11.4. The van der Waals surface area contributed by atoms with Gasteiger partial charge in [-0.05, 0) is 18.2 Å². The number of hydrogen-bond acceptors (Lipinski definition) is 2. The van der Waals surface area contributed by atoms with E-state index in [1.54, 1.807) is 13.2 Å². The van der Waals surface area contributed by atoms with Crippen molar-refractivity contribution in [1.82, 2.24) is 9.38 Å². The number of nitrogens with zero attached hydrogens (tertiary/aromatic N) is 3. The number of carbonyl (C=O) groups is 1. The fraction of sp³-hybridized carbons (Fsp3) is 0.0909. The van der Waals surface area contributed by atoms with Crippen molar-refractivity contribution >= 4 is 17.4 Å². The fourth-order valence-corrected chi connectivity index (χ4v) is 1.42. The number of carbonyl (C=O) groups excluding carboxylic acids is 1. The molecule has 2 rings (SSSR count). The first-order valence-electron chi connectivity index (χ1n) is 4.56. The predicted octanol–water partition coefficient (Wildman–Crippen LogP) is 1.48. The standard InChI is InChI=1S/C11H11N3O/c1-3-11(15)13(2)10-8-12-9-6-4-5-7-14(9)10/h3-8H,1H2,2H3. The molecule has 2 heterocycles. The smallest absolute Gasteiger partial charge is 0.251 e. The summed E-state index contributed by atoms with van der Waals surface area (Å²) in [7, 11) is 1.69. The zero-order chi connectivity index (χ0) is 10.8. The van der Waals surface area contributed by atoms with Crippen molar-refractivity contribution in [3.05, 3.63) is 43.2 Å². The van der Waals surface area contributed by atoms with Crippen LogP contribution in [0.2, 0.25) is 0 Å². The van der Waals surface area contributed by atoms with E-state index in [0.717, 1.165) is 11.5 Å². The highest BCUT2D eigenvalue weighted by Gasteiger charge is 2.11. The van der Waals surface area contributed by atoms with Crippen molar-refractivity contribution in [2.24, 2.45) is 0 Å². The number of fused-ring (bicyclic) bond motifs is 1. The summed E-state index contributed by atoms with van der Waals surface area (Å²) in [6, 6.07) is 5.68. The zero-order valence-corrected chi connectivity index (χ0v) is 8.42. The Hall–Kier alpha value is -2.10. The van der Waals surface area contributed by atoms with Gasteiger partial charge in [0.1, 0.15) is 11.5 Å². The average molecular weight is 201 g/mol. The van der Waals surface area contributed by atoms with E-state index in [1.165, 1.54) is 11.0 Å². The van der Waals surface area contributed by atoms with Gasteiger partial charge in [-0.25, -0.2) is 4.98 Å². The number of amides is 1. The van der Waals surface area contributed by atoms with E-state index >= 15 is 0 Å². The molecule has 1 amide bonds. The third-order valence-electron chi connectivity index (χ3n) is 2.25. The normalized spacial score (nSPS) is 10.2. The first-order chi connectivity index (χ1) is 7.24. The first-order valence-corrected chi connectivity index (χ1v) is 4.56. The Kier molecular flexibility index (Phi) is 2.25. The van der Waals surface area contributed by atoms with Crippen LogP contribution in [-0.4, -0.2) is 22.3 Å². The highest BCUT2D eigenvalue weighted by atomic mass is 16.2. The highest BCUT2D eigenvalue weighted by molar-refractivity contribution is 6.00. The van der Waals surface area contributed by atoms with Gasteiger partial charge in [0.05, 0.1) is 6.20 Å². The summed E-state index contributed by atoms with van der Waals surface area (Å²) >= 11 is 0. The molecule has 0 bridgehead atoms. The molecular weight excluding hydrogens is 190 g/mol. The molecule has 0 aliphatic heterocycles. The number of likely N-dealkylation sites (N-methyl/N-ethyl adjacent to an activating group) is 1. The summed E-state index contributed by atoms with van der Waals surface area (Å²) in [6.07, 6.45) is 4.81. The fourth-order valence-electron chi connectivity index (χ4n) is 1.42. The lowest BCUT2D eigenvalue weighted by Gasteiger charge is -2.13. The SMILES string of the molecule is C=CC(=O)N(C)c1cnc2ccccn12. The van der Waals surface area contributed by atoms with Crippen molar-refractivity contribution in [2.75, 3.05) is 11.9 Å². The lowest BCUT2D eigenvalue weighted by molar-refractivity contribution is -0.113.